The third-order valence-corrected chi connectivity index (χ3v) is 2.72. The van der Waals surface area contributed by atoms with Crippen LogP contribution in [0.15, 0.2) is 34.9 Å². The van der Waals surface area contributed by atoms with E-state index in [1.807, 2.05) is 44.2 Å². The average molecular weight is 246 g/mol. The SMILES string of the molecule is Cc1cc(C(C)Oc2ccc(CCN)cc2)on1. The van der Waals surface area contributed by atoms with Gasteiger partial charge in [-0.3, -0.25) is 0 Å². The Balaban J connectivity index is 2.00. The molecule has 1 heterocycles. The van der Waals surface area contributed by atoms with E-state index in [1.165, 1.54) is 5.56 Å². The van der Waals surface area contributed by atoms with Gasteiger partial charge in [-0.25, -0.2) is 0 Å². The van der Waals surface area contributed by atoms with E-state index >= 15 is 0 Å². The number of nitrogens with zero attached hydrogens (tertiary/aromatic N) is 1. The Labute approximate surface area is 107 Å². The van der Waals surface area contributed by atoms with Crippen LogP contribution in [0.25, 0.3) is 0 Å². The molecule has 2 aromatic rings. The summed E-state index contributed by atoms with van der Waals surface area (Å²) < 4.78 is 11.0. The number of aromatic nitrogens is 1. The van der Waals surface area contributed by atoms with E-state index in [9.17, 15) is 0 Å². The minimum Gasteiger partial charge on any atom is -0.483 e. The summed E-state index contributed by atoms with van der Waals surface area (Å²) in [4.78, 5) is 0. The molecule has 0 spiro atoms. The normalized spacial score (nSPS) is 12.4. The number of hydrogen-bond donors (Lipinski definition) is 1. The number of benzene rings is 1. The van der Waals surface area contributed by atoms with Gasteiger partial charge >= 0.3 is 0 Å². The monoisotopic (exact) mass is 246 g/mol. The van der Waals surface area contributed by atoms with Crippen LogP contribution in [0.3, 0.4) is 0 Å². The quantitative estimate of drug-likeness (QED) is 0.881. The molecular weight excluding hydrogens is 228 g/mol. The average Bonchev–Trinajstić information content (AvgIpc) is 2.79. The van der Waals surface area contributed by atoms with Gasteiger partial charge in [0.2, 0.25) is 0 Å². The molecule has 0 aliphatic rings. The summed E-state index contributed by atoms with van der Waals surface area (Å²) in [6, 6.07) is 9.84. The molecule has 1 aromatic carbocycles. The lowest BCUT2D eigenvalue weighted by Gasteiger charge is -2.11. The molecule has 0 saturated carbocycles. The fourth-order valence-corrected chi connectivity index (χ4v) is 1.74. The van der Waals surface area contributed by atoms with E-state index in [2.05, 4.69) is 5.16 Å². The largest absolute Gasteiger partial charge is 0.483 e. The number of rotatable bonds is 5. The maximum Gasteiger partial charge on any atom is 0.177 e. The van der Waals surface area contributed by atoms with Gasteiger partial charge in [0.1, 0.15) is 5.75 Å². The van der Waals surface area contributed by atoms with E-state index in [0.29, 0.717) is 6.54 Å². The molecule has 18 heavy (non-hydrogen) atoms. The summed E-state index contributed by atoms with van der Waals surface area (Å²) in [5.74, 6) is 1.55. The second kappa shape index (κ2) is 5.69. The second-order valence-corrected chi connectivity index (χ2v) is 4.31. The predicted molar refractivity (Wildman–Crippen MR) is 69.5 cm³/mol. The van der Waals surface area contributed by atoms with Crippen molar-refractivity contribution in [2.24, 2.45) is 5.73 Å². The van der Waals surface area contributed by atoms with Crippen molar-refractivity contribution in [3.63, 3.8) is 0 Å². The molecule has 0 fully saturated rings. The Morgan fingerprint density at radius 1 is 1.33 bits per heavy atom. The molecule has 1 atom stereocenters. The van der Waals surface area contributed by atoms with Gasteiger partial charge in [0, 0.05) is 6.07 Å². The standard InChI is InChI=1S/C14H18N2O2/c1-10-9-14(18-16-10)11(2)17-13-5-3-12(4-6-13)7-8-15/h3-6,9,11H,7-8,15H2,1-2H3. The van der Waals surface area contributed by atoms with Crippen molar-refractivity contribution in [2.45, 2.75) is 26.4 Å². The molecule has 96 valence electrons. The molecule has 0 radical (unpaired) electrons. The second-order valence-electron chi connectivity index (χ2n) is 4.31. The maximum absolute atomic E-state index is 5.78. The number of nitrogens with two attached hydrogens (primary N) is 1. The van der Waals surface area contributed by atoms with E-state index < -0.39 is 0 Å². The Morgan fingerprint density at radius 2 is 2.06 bits per heavy atom. The zero-order valence-corrected chi connectivity index (χ0v) is 10.7. The summed E-state index contributed by atoms with van der Waals surface area (Å²) in [6.45, 7) is 4.49. The topological polar surface area (TPSA) is 61.3 Å². The van der Waals surface area contributed by atoms with Gasteiger partial charge < -0.3 is 15.0 Å². The first kappa shape index (κ1) is 12.6. The van der Waals surface area contributed by atoms with Crippen LogP contribution in [0.4, 0.5) is 0 Å². The highest BCUT2D eigenvalue weighted by atomic mass is 16.5. The summed E-state index contributed by atoms with van der Waals surface area (Å²) in [6.07, 6.45) is 0.739. The fourth-order valence-electron chi connectivity index (χ4n) is 1.74. The highest BCUT2D eigenvalue weighted by molar-refractivity contribution is 5.28. The molecule has 0 amide bonds. The van der Waals surface area contributed by atoms with Crippen molar-refractivity contribution in [1.82, 2.24) is 5.16 Å². The van der Waals surface area contributed by atoms with Gasteiger partial charge in [0.15, 0.2) is 11.9 Å². The fraction of sp³-hybridized carbons (Fsp3) is 0.357. The maximum atomic E-state index is 5.78. The Bertz CT molecular complexity index is 491. The Morgan fingerprint density at radius 3 is 2.61 bits per heavy atom. The van der Waals surface area contributed by atoms with Gasteiger partial charge in [-0.1, -0.05) is 17.3 Å². The van der Waals surface area contributed by atoms with Crippen molar-refractivity contribution in [3.05, 3.63) is 47.3 Å². The first-order valence-corrected chi connectivity index (χ1v) is 6.08. The van der Waals surface area contributed by atoms with Crippen LogP contribution in [0.1, 0.15) is 30.0 Å². The predicted octanol–water partition coefficient (Wildman–Crippen LogP) is 2.62. The highest BCUT2D eigenvalue weighted by Gasteiger charge is 2.12. The van der Waals surface area contributed by atoms with Gasteiger partial charge in [0.05, 0.1) is 5.69 Å². The summed E-state index contributed by atoms with van der Waals surface area (Å²) in [5, 5.41) is 3.85. The van der Waals surface area contributed by atoms with Crippen LogP contribution < -0.4 is 10.5 Å². The van der Waals surface area contributed by atoms with Crippen LogP contribution >= 0.6 is 0 Å². The molecule has 0 bridgehead atoms. The molecule has 0 aliphatic heterocycles. The van der Waals surface area contributed by atoms with Gasteiger partial charge in [-0.15, -0.1) is 0 Å². The molecule has 0 aliphatic carbocycles. The minimum absolute atomic E-state index is 0.147. The van der Waals surface area contributed by atoms with Crippen LogP contribution in [0.5, 0.6) is 5.75 Å². The summed E-state index contributed by atoms with van der Waals surface area (Å²) >= 11 is 0. The van der Waals surface area contributed by atoms with Gasteiger partial charge in [0.25, 0.3) is 0 Å². The molecule has 2 rings (SSSR count). The smallest absolute Gasteiger partial charge is 0.177 e. The first-order chi connectivity index (χ1) is 8.69. The third-order valence-electron chi connectivity index (χ3n) is 2.72. The lowest BCUT2D eigenvalue weighted by atomic mass is 10.1. The number of hydrogen-bond acceptors (Lipinski definition) is 4. The summed E-state index contributed by atoms with van der Waals surface area (Å²) in [7, 11) is 0. The molecule has 1 aromatic heterocycles. The van der Waals surface area contributed by atoms with E-state index in [1.54, 1.807) is 0 Å². The zero-order chi connectivity index (χ0) is 13.0. The van der Waals surface area contributed by atoms with Gasteiger partial charge in [-0.2, -0.15) is 0 Å². The van der Waals surface area contributed by atoms with Crippen molar-refractivity contribution in [2.75, 3.05) is 6.54 Å². The van der Waals surface area contributed by atoms with Crippen molar-refractivity contribution < 1.29 is 9.26 Å². The van der Waals surface area contributed by atoms with Gasteiger partial charge in [-0.05, 0) is 44.5 Å². The number of ether oxygens (including phenoxy) is 1. The Hall–Kier alpha value is -1.81. The zero-order valence-electron chi connectivity index (χ0n) is 10.7. The third kappa shape index (κ3) is 3.11. The molecule has 1 unspecified atom stereocenters. The molecule has 0 saturated heterocycles. The molecular formula is C14H18N2O2. The minimum atomic E-state index is -0.147. The van der Waals surface area contributed by atoms with E-state index in [4.69, 9.17) is 15.0 Å². The van der Waals surface area contributed by atoms with Crippen molar-refractivity contribution in [1.29, 1.82) is 0 Å². The molecule has 4 nitrogen and oxygen atoms in total. The van der Waals surface area contributed by atoms with Crippen LogP contribution in [-0.4, -0.2) is 11.7 Å². The van der Waals surface area contributed by atoms with Crippen LogP contribution in [-0.2, 0) is 6.42 Å². The van der Waals surface area contributed by atoms with Crippen LogP contribution in [0, 0.1) is 6.92 Å². The molecule has 4 heteroatoms. The Kier molecular flexibility index (Phi) is 3.99. The lowest BCUT2D eigenvalue weighted by molar-refractivity contribution is 0.182. The van der Waals surface area contributed by atoms with Crippen molar-refractivity contribution in [3.8, 4) is 5.75 Å². The molecule has 2 N–H and O–H groups in total. The number of aryl methyl sites for hydroxylation is 1. The lowest BCUT2D eigenvalue weighted by Crippen LogP contribution is -2.03. The first-order valence-electron chi connectivity index (χ1n) is 6.08. The van der Waals surface area contributed by atoms with Crippen molar-refractivity contribution >= 4 is 0 Å². The van der Waals surface area contributed by atoms with E-state index in [-0.39, 0.29) is 6.10 Å². The van der Waals surface area contributed by atoms with Crippen LogP contribution in [0.2, 0.25) is 0 Å². The van der Waals surface area contributed by atoms with E-state index in [0.717, 1.165) is 23.6 Å². The highest BCUT2D eigenvalue weighted by Crippen LogP contribution is 2.22. The summed E-state index contributed by atoms with van der Waals surface area (Å²) in [5.41, 5.74) is 7.58.